The van der Waals surface area contributed by atoms with E-state index in [9.17, 15) is 4.79 Å². The molecule has 84 valence electrons. The molecule has 1 aromatic rings. The Balaban J connectivity index is 3.33. The number of hydrogen-bond donors (Lipinski definition) is 1. The second-order valence-electron chi connectivity index (χ2n) is 2.96. The molecule has 0 bridgehead atoms. The normalized spacial score (nSPS) is 9.62. The number of nitrogens with zero attached hydrogens (tertiary/aromatic N) is 1. The smallest absolute Gasteiger partial charge is 0.339 e. The van der Waals surface area contributed by atoms with E-state index in [1.54, 1.807) is 19.1 Å². The van der Waals surface area contributed by atoms with Crippen molar-refractivity contribution in [2.75, 3.05) is 6.61 Å². The van der Waals surface area contributed by atoms with Gasteiger partial charge in [0.2, 0.25) is 0 Å². The van der Waals surface area contributed by atoms with Crippen molar-refractivity contribution < 1.29 is 9.53 Å². The van der Waals surface area contributed by atoms with Crippen LogP contribution in [0.5, 0.6) is 0 Å². The third-order valence-corrected chi connectivity index (χ3v) is 3.08. The molecule has 0 aliphatic carbocycles. The van der Waals surface area contributed by atoms with Gasteiger partial charge in [-0.05, 0) is 18.6 Å². The molecule has 16 heavy (non-hydrogen) atoms. The maximum absolute atomic E-state index is 11.7. The molecular weight excluding hydrogens is 290 g/mol. The summed E-state index contributed by atoms with van der Waals surface area (Å²) in [5.74, 6) is -0.445. The van der Waals surface area contributed by atoms with Crippen molar-refractivity contribution in [3.8, 4) is 6.07 Å². The number of carbonyl (C=O) groups excluding carboxylic acids is 1. The number of hydrogen-bond acceptors (Lipinski definition) is 4. The molecule has 5 heteroatoms. The fourth-order valence-electron chi connectivity index (χ4n) is 1.27. The first-order chi connectivity index (χ1) is 7.65. The first kappa shape index (κ1) is 13.1. The minimum Gasteiger partial charge on any atom is -0.462 e. The lowest BCUT2D eigenvalue weighted by molar-refractivity contribution is 0.0521. The van der Waals surface area contributed by atoms with E-state index in [1.165, 1.54) is 0 Å². The molecule has 0 aliphatic heterocycles. The minimum absolute atomic E-state index is 0.296. The maximum Gasteiger partial charge on any atom is 0.339 e. The van der Waals surface area contributed by atoms with Crippen molar-refractivity contribution in [2.45, 2.75) is 17.1 Å². The molecule has 0 saturated carbocycles. The van der Waals surface area contributed by atoms with Crippen LogP contribution in [0.2, 0.25) is 0 Å². The fraction of sp³-hybridized carbons (Fsp3) is 0.273. The quantitative estimate of drug-likeness (QED) is 0.530. The molecule has 1 rings (SSSR count). The Morgan fingerprint density at radius 1 is 1.62 bits per heavy atom. The summed E-state index contributed by atoms with van der Waals surface area (Å²) in [7, 11) is 0. The van der Waals surface area contributed by atoms with E-state index in [1.807, 2.05) is 6.07 Å². The highest BCUT2D eigenvalue weighted by molar-refractivity contribution is 9.08. The Bertz CT molecular complexity index is 454. The van der Waals surface area contributed by atoms with Gasteiger partial charge < -0.3 is 4.74 Å². The predicted octanol–water partition coefficient (Wildman–Crippen LogP) is 2.92. The second kappa shape index (κ2) is 5.92. The van der Waals surface area contributed by atoms with Crippen molar-refractivity contribution in [2.24, 2.45) is 0 Å². The molecule has 0 saturated heterocycles. The predicted molar refractivity (Wildman–Crippen MR) is 67.0 cm³/mol. The third-order valence-electron chi connectivity index (χ3n) is 2.01. The van der Waals surface area contributed by atoms with Crippen molar-refractivity contribution >= 4 is 34.5 Å². The summed E-state index contributed by atoms with van der Waals surface area (Å²) >= 11 is 7.49. The van der Waals surface area contributed by atoms with Crippen molar-refractivity contribution in [3.05, 3.63) is 28.8 Å². The number of halogens is 1. The zero-order valence-corrected chi connectivity index (χ0v) is 11.1. The van der Waals surface area contributed by atoms with Crippen LogP contribution in [0.15, 0.2) is 17.0 Å². The molecule has 1 aromatic carbocycles. The summed E-state index contributed by atoms with van der Waals surface area (Å²) in [6.07, 6.45) is 0. The largest absolute Gasteiger partial charge is 0.462 e. The van der Waals surface area contributed by atoms with E-state index in [0.717, 1.165) is 5.56 Å². The zero-order chi connectivity index (χ0) is 12.1. The van der Waals surface area contributed by atoms with Crippen LogP contribution in [0, 0.1) is 11.3 Å². The standard InChI is InChI=1S/C11H10BrNO2S/c1-2-15-11(14)9-7(5-12)3-4-8(6-13)10(9)16/h3-4,16H,2,5H2,1H3. The van der Waals surface area contributed by atoms with Crippen LogP contribution < -0.4 is 0 Å². The van der Waals surface area contributed by atoms with Gasteiger partial charge in [-0.3, -0.25) is 0 Å². The van der Waals surface area contributed by atoms with E-state index in [4.69, 9.17) is 10.00 Å². The summed E-state index contributed by atoms with van der Waals surface area (Å²) in [6.45, 7) is 2.03. The van der Waals surface area contributed by atoms with Gasteiger partial charge in [-0.1, -0.05) is 22.0 Å². The number of esters is 1. The first-order valence-corrected chi connectivity index (χ1v) is 6.20. The number of rotatable bonds is 3. The molecule has 0 radical (unpaired) electrons. The van der Waals surface area contributed by atoms with Crippen LogP contribution in [-0.4, -0.2) is 12.6 Å². The van der Waals surface area contributed by atoms with Crippen molar-refractivity contribution in [3.63, 3.8) is 0 Å². The Labute approximate surface area is 108 Å². The number of nitriles is 1. The van der Waals surface area contributed by atoms with Crippen molar-refractivity contribution in [1.29, 1.82) is 5.26 Å². The highest BCUT2D eigenvalue weighted by atomic mass is 79.9. The Morgan fingerprint density at radius 3 is 2.81 bits per heavy atom. The lowest BCUT2D eigenvalue weighted by atomic mass is 10.1. The van der Waals surface area contributed by atoms with Crippen LogP contribution in [0.3, 0.4) is 0 Å². The molecule has 0 spiro atoms. The highest BCUT2D eigenvalue weighted by Crippen LogP contribution is 2.25. The van der Waals surface area contributed by atoms with Gasteiger partial charge in [-0.15, -0.1) is 12.6 Å². The molecule has 0 amide bonds. The summed E-state index contributed by atoms with van der Waals surface area (Å²) in [5, 5.41) is 9.37. The van der Waals surface area contributed by atoms with Gasteiger partial charge in [0.1, 0.15) is 6.07 Å². The molecule has 0 unspecified atom stereocenters. The number of alkyl halides is 1. The Kier molecular flexibility index (Phi) is 4.84. The van der Waals surface area contributed by atoms with Crippen LogP contribution >= 0.6 is 28.6 Å². The van der Waals surface area contributed by atoms with Gasteiger partial charge in [0.25, 0.3) is 0 Å². The topological polar surface area (TPSA) is 50.1 Å². The first-order valence-electron chi connectivity index (χ1n) is 4.63. The van der Waals surface area contributed by atoms with Crippen LogP contribution in [-0.2, 0) is 10.1 Å². The Hall–Kier alpha value is -0.990. The fourth-order valence-corrected chi connectivity index (χ4v) is 2.09. The van der Waals surface area contributed by atoms with E-state index in [-0.39, 0.29) is 0 Å². The van der Waals surface area contributed by atoms with Gasteiger partial charge in [-0.2, -0.15) is 5.26 Å². The maximum atomic E-state index is 11.7. The SMILES string of the molecule is CCOC(=O)c1c(CBr)ccc(C#N)c1S. The number of thiol groups is 1. The van der Waals surface area contributed by atoms with Crippen LogP contribution in [0.4, 0.5) is 0 Å². The number of benzene rings is 1. The molecule has 0 N–H and O–H groups in total. The van der Waals surface area contributed by atoms with Gasteiger partial charge >= 0.3 is 5.97 Å². The Morgan fingerprint density at radius 2 is 2.31 bits per heavy atom. The van der Waals surface area contributed by atoms with Crippen LogP contribution in [0.1, 0.15) is 28.4 Å². The molecular formula is C11H10BrNO2S. The molecule has 0 aromatic heterocycles. The summed E-state index contributed by atoms with van der Waals surface area (Å²) in [6, 6.07) is 5.35. The van der Waals surface area contributed by atoms with E-state index in [0.29, 0.717) is 28.0 Å². The molecule has 0 aliphatic rings. The lowest BCUT2D eigenvalue weighted by Crippen LogP contribution is -2.09. The summed E-state index contributed by atoms with van der Waals surface area (Å²) in [5.41, 5.74) is 1.50. The van der Waals surface area contributed by atoms with E-state index < -0.39 is 5.97 Å². The lowest BCUT2D eigenvalue weighted by Gasteiger charge is -2.10. The van der Waals surface area contributed by atoms with Gasteiger partial charge in [-0.25, -0.2) is 4.79 Å². The van der Waals surface area contributed by atoms with Gasteiger partial charge in [0.15, 0.2) is 0 Å². The average Bonchev–Trinajstić information content (AvgIpc) is 2.28. The monoisotopic (exact) mass is 299 g/mol. The molecule has 3 nitrogen and oxygen atoms in total. The van der Waals surface area contributed by atoms with Gasteiger partial charge in [0, 0.05) is 10.2 Å². The summed E-state index contributed by atoms with van der Waals surface area (Å²) < 4.78 is 4.93. The minimum atomic E-state index is -0.445. The highest BCUT2D eigenvalue weighted by Gasteiger charge is 2.18. The zero-order valence-electron chi connectivity index (χ0n) is 8.66. The van der Waals surface area contributed by atoms with Gasteiger partial charge in [0.05, 0.1) is 17.7 Å². The number of ether oxygens (including phenoxy) is 1. The van der Waals surface area contributed by atoms with Crippen molar-refractivity contribution in [1.82, 2.24) is 0 Å². The average molecular weight is 300 g/mol. The van der Waals surface area contributed by atoms with E-state index in [2.05, 4.69) is 28.6 Å². The molecule has 0 atom stereocenters. The van der Waals surface area contributed by atoms with E-state index >= 15 is 0 Å². The number of carbonyl (C=O) groups is 1. The molecule has 0 fully saturated rings. The molecule has 0 heterocycles. The summed E-state index contributed by atoms with van der Waals surface area (Å²) in [4.78, 5) is 12.1. The second-order valence-corrected chi connectivity index (χ2v) is 3.97. The third kappa shape index (κ3) is 2.57. The van der Waals surface area contributed by atoms with Crippen LogP contribution in [0.25, 0.3) is 0 Å².